The average molecular weight is 496 g/mol. The number of carbonyl (C=O) groups excluding carboxylic acids is 1. The Morgan fingerprint density at radius 1 is 1.23 bits per heavy atom. The molecule has 0 radical (unpaired) electrons. The van der Waals surface area contributed by atoms with Crippen molar-refractivity contribution in [1.29, 1.82) is 0 Å². The molecule has 0 atom stereocenters. The van der Waals surface area contributed by atoms with Crippen molar-refractivity contribution in [1.82, 2.24) is 19.7 Å². The second-order valence-electron chi connectivity index (χ2n) is 8.56. The van der Waals surface area contributed by atoms with Gasteiger partial charge in [0, 0.05) is 66.3 Å². The van der Waals surface area contributed by atoms with Gasteiger partial charge in [-0.05, 0) is 48.3 Å². The summed E-state index contributed by atoms with van der Waals surface area (Å²) in [6, 6.07) is 1.95. The molecule has 1 fully saturated rings. The third kappa shape index (κ3) is 4.44. The number of allylic oxidation sites excluding steroid dienone is 1. The van der Waals surface area contributed by atoms with Crippen LogP contribution in [0.4, 0.5) is 19.3 Å². The number of anilines is 1. The van der Waals surface area contributed by atoms with Crippen LogP contribution in [0, 0.1) is 0 Å². The average Bonchev–Trinajstić information content (AvgIpc) is 3.32. The molecule has 0 aromatic carbocycles. The molecule has 0 N–H and O–H groups in total. The Balaban J connectivity index is 1.54. The molecule has 2 aromatic heterocycles. The minimum absolute atomic E-state index is 0.300. The predicted molar refractivity (Wildman–Crippen MR) is 117 cm³/mol. The molecule has 2 aromatic rings. The minimum Gasteiger partial charge on any atom is -0.444 e. The van der Waals surface area contributed by atoms with E-state index >= 15 is 0 Å². The molecule has 0 unspecified atom stereocenters. The first kappa shape index (κ1) is 21.7. The molecule has 0 saturated carbocycles. The zero-order valence-corrected chi connectivity index (χ0v) is 19.2. The highest BCUT2D eigenvalue weighted by Gasteiger charge is 2.31. The highest BCUT2D eigenvalue weighted by molar-refractivity contribution is 9.15. The quantitative estimate of drug-likeness (QED) is 0.624. The summed E-state index contributed by atoms with van der Waals surface area (Å²) in [5.74, 6) is 0. The molecule has 1 saturated heterocycles. The molecule has 0 bridgehead atoms. The Hall–Kier alpha value is -2.49. The van der Waals surface area contributed by atoms with E-state index in [9.17, 15) is 13.6 Å². The molecule has 7 nitrogen and oxygen atoms in total. The van der Waals surface area contributed by atoms with Crippen LogP contribution in [-0.4, -0.2) is 57.5 Å². The van der Waals surface area contributed by atoms with Crippen LogP contribution in [0.5, 0.6) is 0 Å². The summed E-state index contributed by atoms with van der Waals surface area (Å²) >= 11 is 3.68. The van der Waals surface area contributed by atoms with Crippen LogP contribution in [0.3, 0.4) is 0 Å². The smallest absolute Gasteiger partial charge is 0.410 e. The number of amides is 1. The number of hydrogen-bond donors (Lipinski definition) is 0. The second kappa shape index (κ2) is 8.22. The van der Waals surface area contributed by atoms with Gasteiger partial charge in [0.05, 0.1) is 11.9 Å². The Kier molecular flexibility index (Phi) is 5.76. The maximum atomic E-state index is 12.9. The number of halogens is 3. The van der Waals surface area contributed by atoms with Crippen LogP contribution in [0.25, 0.3) is 10.1 Å². The van der Waals surface area contributed by atoms with E-state index in [1.165, 1.54) is 12.4 Å². The molecular weight excluding hydrogens is 472 g/mol. The summed E-state index contributed by atoms with van der Waals surface area (Å²) in [5.41, 5.74) is 3.87. The first-order chi connectivity index (χ1) is 14.6. The zero-order chi connectivity index (χ0) is 22.3. The Morgan fingerprint density at radius 3 is 2.55 bits per heavy atom. The maximum Gasteiger partial charge on any atom is 0.410 e. The van der Waals surface area contributed by atoms with Gasteiger partial charge in [-0.25, -0.2) is 9.48 Å². The summed E-state index contributed by atoms with van der Waals surface area (Å²) < 4.78 is 32.8. The van der Waals surface area contributed by atoms with E-state index in [0.29, 0.717) is 42.8 Å². The lowest BCUT2D eigenvalue weighted by atomic mass is 10.1. The van der Waals surface area contributed by atoms with E-state index < -0.39 is 12.2 Å². The van der Waals surface area contributed by atoms with E-state index in [2.05, 4.69) is 30.9 Å². The SMILES string of the molecule is CC(C)(C)OC(=O)N1CCN(c2ccnc3c2C(Br)=C(c2cnn(C(F)F)c2)C3)CC1. The van der Waals surface area contributed by atoms with Gasteiger partial charge in [0.1, 0.15) is 5.60 Å². The van der Waals surface area contributed by atoms with E-state index in [1.54, 1.807) is 11.1 Å². The highest BCUT2D eigenvalue weighted by atomic mass is 79.9. The second-order valence-corrected chi connectivity index (χ2v) is 9.36. The van der Waals surface area contributed by atoms with Gasteiger partial charge in [0.2, 0.25) is 0 Å². The number of nitrogens with zero attached hydrogens (tertiary/aromatic N) is 5. The van der Waals surface area contributed by atoms with Crippen molar-refractivity contribution >= 4 is 37.8 Å². The van der Waals surface area contributed by atoms with Crippen LogP contribution in [-0.2, 0) is 11.2 Å². The lowest BCUT2D eigenvalue weighted by Crippen LogP contribution is -2.50. The van der Waals surface area contributed by atoms with E-state index in [4.69, 9.17) is 4.74 Å². The summed E-state index contributed by atoms with van der Waals surface area (Å²) in [6.45, 7) is 5.33. The van der Waals surface area contributed by atoms with Crippen molar-refractivity contribution in [3.63, 3.8) is 0 Å². The van der Waals surface area contributed by atoms with E-state index in [-0.39, 0.29) is 6.09 Å². The summed E-state index contributed by atoms with van der Waals surface area (Å²) in [7, 11) is 0. The molecule has 1 aliphatic carbocycles. The first-order valence-corrected chi connectivity index (χ1v) is 10.9. The fourth-order valence-corrected chi connectivity index (χ4v) is 4.61. The minimum atomic E-state index is -2.67. The van der Waals surface area contributed by atoms with Gasteiger partial charge in [-0.2, -0.15) is 13.9 Å². The number of ether oxygens (including phenoxy) is 1. The van der Waals surface area contributed by atoms with Crippen molar-refractivity contribution in [3.8, 4) is 0 Å². The van der Waals surface area contributed by atoms with E-state index in [1.807, 2.05) is 26.8 Å². The Morgan fingerprint density at radius 2 is 1.94 bits per heavy atom. The van der Waals surface area contributed by atoms with Crippen LogP contribution >= 0.6 is 15.9 Å². The number of pyridine rings is 1. The molecule has 10 heteroatoms. The van der Waals surface area contributed by atoms with Gasteiger partial charge < -0.3 is 14.5 Å². The maximum absolute atomic E-state index is 12.9. The third-order valence-electron chi connectivity index (χ3n) is 5.26. The third-order valence-corrected chi connectivity index (χ3v) is 6.13. The van der Waals surface area contributed by atoms with E-state index in [0.717, 1.165) is 27.0 Å². The van der Waals surface area contributed by atoms with Gasteiger partial charge in [-0.1, -0.05) is 0 Å². The predicted octanol–water partition coefficient (Wildman–Crippen LogP) is 4.55. The molecule has 2 aliphatic rings. The van der Waals surface area contributed by atoms with Crippen molar-refractivity contribution in [3.05, 3.63) is 41.5 Å². The Labute approximate surface area is 187 Å². The summed E-state index contributed by atoms with van der Waals surface area (Å²) in [6.07, 6.45) is 4.81. The van der Waals surface area contributed by atoms with Crippen molar-refractivity contribution in [2.45, 2.75) is 39.3 Å². The first-order valence-electron chi connectivity index (χ1n) is 10.1. The molecule has 0 spiro atoms. The summed E-state index contributed by atoms with van der Waals surface area (Å²) in [5, 5.41) is 3.75. The van der Waals surface area contributed by atoms with Crippen LogP contribution in [0.15, 0.2) is 24.7 Å². The lowest BCUT2D eigenvalue weighted by Gasteiger charge is -2.37. The number of carbonyl (C=O) groups is 1. The molecule has 31 heavy (non-hydrogen) atoms. The molecule has 1 aliphatic heterocycles. The number of alkyl halides is 2. The normalized spacial score (nSPS) is 16.9. The van der Waals surface area contributed by atoms with Crippen LogP contribution < -0.4 is 4.90 Å². The van der Waals surface area contributed by atoms with Gasteiger partial charge in [0.25, 0.3) is 0 Å². The monoisotopic (exact) mass is 495 g/mol. The van der Waals surface area contributed by atoms with Crippen molar-refractivity contribution in [2.75, 3.05) is 31.1 Å². The Bertz CT molecular complexity index is 1020. The van der Waals surface area contributed by atoms with Crippen molar-refractivity contribution in [2.24, 2.45) is 0 Å². The molecule has 4 rings (SSSR count). The van der Waals surface area contributed by atoms with Gasteiger partial charge in [0.15, 0.2) is 0 Å². The number of aromatic nitrogens is 3. The lowest BCUT2D eigenvalue weighted by molar-refractivity contribution is 0.0240. The van der Waals surface area contributed by atoms with Gasteiger partial charge >= 0.3 is 12.6 Å². The largest absolute Gasteiger partial charge is 0.444 e. The summed E-state index contributed by atoms with van der Waals surface area (Å²) in [4.78, 5) is 20.8. The van der Waals surface area contributed by atoms with Gasteiger partial charge in [-0.3, -0.25) is 4.98 Å². The number of hydrogen-bond acceptors (Lipinski definition) is 5. The molecular formula is C21H24BrF2N5O2. The number of piperazine rings is 1. The topological polar surface area (TPSA) is 63.5 Å². The number of rotatable bonds is 3. The van der Waals surface area contributed by atoms with Gasteiger partial charge in [-0.15, -0.1) is 0 Å². The fraction of sp³-hybridized carbons (Fsp3) is 0.476. The highest BCUT2D eigenvalue weighted by Crippen LogP contribution is 2.45. The fourth-order valence-electron chi connectivity index (χ4n) is 3.81. The molecule has 1 amide bonds. The standard InChI is InChI=1S/C21H24BrF2N5O2/c1-21(2,3)31-20(30)28-8-6-27(7-9-28)16-4-5-25-15-10-14(18(22)17(15)16)13-11-26-29(12-13)19(23)24/h4-5,11-12,19H,6-10H2,1-3H3. The van der Waals surface area contributed by atoms with Crippen molar-refractivity contribution < 1.29 is 18.3 Å². The molecule has 166 valence electrons. The molecule has 3 heterocycles. The van der Waals surface area contributed by atoms with Crippen LogP contribution in [0.1, 0.15) is 44.1 Å². The van der Waals surface area contributed by atoms with Crippen LogP contribution in [0.2, 0.25) is 0 Å². The zero-order valence-electron chi connectivity index (χ0n) is 17.6. The number of fused-ring (bicyclic) bond motifs is 1.